The molecule has 0 fully saturated rings. The highest BCUT2D eigenvalue weighted by molar-refractivity contribution is 7.80. The Hall–Kier alpha value is -0.640. The molecule has 0 N–H and O–H groups in total. The van der Waals surface area contributed by atoms with Gasteiger partial charge in [-0.1, -0.05) is 6.92 Å². The van der Waals surface area contributed by atoms with Crippen molar-refractivity contribution in [2.24, 2.45) is 13.0 Å². The van der Waals surface area contributed by atoms with Crippen molar-refractivity contribution in [3.05, 3.63) is 12.4 Å². The second kappa shape index (κ2) is 5.96. The summed E-state index contributed by atoms with van der Waals surface area (Å²) in [4.78, 5) is 0. The SMILES string of the molecule is CC(CCS)CCOc1cnn(C)c1. The molecule has 1 atom stereocenters. The lowest BCUT2D eigenvalue weighted by atomic mass is 10.1. The van der Waals surface area contributed by atoms with Crippen LogP contribution in [0.5, 0.6) is 5.75 Å². The molecule has 0 spiro atoms. The third-order valence-electron chi connectivity index (χ3n) is 2.18. The number of aromatic nitrogens is 2. The topological polar surface area (TPSA) is 27.1 Å². The van der Waals surface area contributed by atoms with E-state index in [9.17, 15) is 0 Å². The maximum atomic E-state index is 5.54. The van der Waals surface area contributed by atoms with Crippen LogP contribution in [0.15, 0.2) is 12.4 Å². The molecule has 0 saturated carbocycles. The Morgan fingerprint density at radius 2 is 2.36 bits per heavy atom. The van der Waals surface area contributed by atoms with Gasteiger partial charge in [0, 0.05) is 7.05 Å². The fraction of sp³-hybridized carbons (Fsp3) is 0.700. The summed E-state index contributed by atoms with van der Waals surface area (Å²) in [5, 5.41) is 4.03. The molecule has 1 aromatic rings. The maximum absolute atomic E-state index is 5.54. The highest BCUT2D eigenvalue weighted by Gasteiger charge is 2.02. The number of ether oxygens (including phenoxy) is 1. The zero-order valence-electron chi connectivity index (χ0n) is 8.81. The van der Waals surface area contributed by atoms with E-state index < -0.39 is 0 Å². The van der Waals surface area contributed by atoms with Gasteiger partial charge in [0.15, 0.2) is 5.75 Å². The Kier molecular flexibility index (Phi) is 4.87. The minimum atomic E-state index is 0.684. The lowest BCUT2D eigenvalue weighted by molar-refractivity contribution is 0.282. The van der Waals surface area contributed by atoms with Gasteiger partial charge in [0.2, 0.25) is 0 Å². The molecule has 1 unspecified atom stereocenters. The summed E-state index contributed by atoms with van der Waals surface area (Å²) >= 11 is 4.20. The second-order valence-electron chi connectivity index (χ2n) is 3.60. The summed E-state index contributed by atoms with van der Waals surface area (Å²) in [6, 6.07) is 0. The first-order valence-electron chi connectivity index (χ1n) is 4.94. The largest absolute Gasteiger partial charge is 0.490 e. The molecule has 0 bridgehead atoms. The average Bonchev–Trinajstić information content (AvgIpc) is 2.52. The predicted octanol–water partition coefficient (Wildman–Crippen LogP) is 2.14. The fourth-order valence-electron chi connectivity index (χ4n) is 1.22. The number of aryl methyl sites for hydroxylation is 1. The first-order valence-corrected chi connectivity index (χ1v) is 5.58. The molecule has 0 aliphatic heterocycles. The van der Waals surface area contributed by atoms with Crippen LogP contribution in [0.3, 0.4) is 0 Å². The summed E-state index contributed by atoms with van der Waals surface area (Å²) in [6.45, 7) is 2.99. The lowest BCUT2D eigenvalue weighted by Gasteiger charge is -2.09. The van der Waals surface area contributed by atoms with E-state index in [1.54, 1.807) is 10.9 Å². The molecule has 1 aromatic heterocycles. The van der Waals surface area contributed by atoms with E-state index in [0.29, 0.717) is 5.92 Å². The van der Waals surface area contributed by atoms with E-state index in [0.717, 1.165) is 31.0 Å². The van der Waals surface area contributed by atoms with Crippen LogP contribution in [0.2, 0.25) is 0 Å². The van der Waals surface area contributed by atoms with Crippen molar-refractivity contribution in [3.63, 3.8) is 0 Å². The molecular weight excluding hydrogens is 196 g/mol. The van der Waals surface area contributed by atoms with Gasteiger partial charge in [-0.2, -0.15) is 17.7 Å². The Labute approximate surface area is 90.9 Å². The number of rotatable bonds is 6. The van der Waals surface area contributed by atoms with E-state index in [1.165, 1.54) is 0 Å². The minimum absolute atomic E-state index is 0.684. The minimum Gasteiger partial charge on any atom is -0.490 e. The molecule has 0 aliphatic rings. The van der Waals surface area contributed by atoms with Crippen molar-refractivity contribution >= 4 is 12.6 Å². The molecule has 1 heterocycles. The van der Waals surface area contributed by atoms with Gasteiger partial charge in [0.05, 0.1) is 19.0 Å². The first-order chi connectivity index (χ1) is 6.72. The normalized spacial score (nSPS) is 12.8. The summed E-state index contributed by atoms with van der Waals surface area (Å²) in [6.07, 6.45) is 5.85. The molecule has 0 aromatic carbocycles. The van der Waals surface area contributed by atoms with Crippen molar-refractivity contribution in [2.75, 3.05) is 12.4 Å². The lowest BCUT2D eigenvalue weighted by Crippen LogP contribution is -2.04. The summed E-state index contributed by atoms with van der Waals surface area (Å²) < 4.78 is 7.28. The van der Waals surface area contributed by atoms with Crippen LogP contribution in [0.25, 0.3) is 0 Å². The molecule has 0 aliphatic carbocycles. The Morgan fingerprint density at radius 1 is 1.57 bits per heavy atom. The van der Waals surface area contributed by atoms with Crippen molar-refractivity contribution in [1.29, 1.82) is 0 Å². The number of hydrogen-bond donors (Lipinski definition) is 1. The number of hydrogen-bond acceptors (Lipinski definition) is 3. The summed E-state index contributed by atoms with van der Waals surface area (Å²) in [7, 11) is 1.89. The van der Waals surface area contributed by atoms with Crippen LogP contribution in [-0.4, -0.2) is 22.1 Å². The van der Waals surface area contributed by atoms with E-state index in [2.05, 4.69) is 24.7 Å². The number of nitrogens with zero attached hydrogens (tertiary/aromatic N) is 2. The first kappa shape index (κ1) is 11.4. The molecule has 0 amide bonds. The van der Waals surface area contributed by atoms with Gasteiger partial charge in [-0.05, 0) is 24.5 Å². The van der Waals surface area contributed by atoms with Crippen LogP contribution in [0, 0.1) is 5.92 Å². The monoisotopic (exact) mass is 214 g/mol. The summed E-state index contributed by atoms with van der Waals surface area (Å²) in [5.41, 5.74) is 0. The zero-order chi connectivity index (χ0) is 10.4. The van der Waals surface area contributed by atoms with Crippen LogP contribution in [-0.2, 0) is 7.05 Å². The van der Waals surface area contributed by atoms with Gasteiger partial charge < -0.3 is 4.74 Å². The van der Waals surface area contributed by atoms with Gasteiger partial charge in [-0.15, -0.1) is 0 Å². The van der Waals surface area contributed by atoms with Crippen LogP contribution in [0.1, 0.15) is 19.8 Å². The zero-order valence-corrected chi connectivity index (χ0v) is 9.70. The Morgan fingerprint density at radius 3 is 2.93 bits per heavy atom. The van der Waals surface area contributed by atoms with Crippen LogP contribution in [0.4, 0.5) is 0 Å². The molecule has 0 saturated heterocycles. The van der Waals surface area contributed by atoms with Gasteiger partial charge in [0.25, 0.3) is 0 Å². The molecule has 14 heavy (non-hydrogen) atoms. The van der Waals surface area contributed by atoms with E-state index in [-0.39, 0.29) is 0 Å². The maximum Gasteiger partial charge on any atom is 0.157 e. The van der Waals surface area contributed by atoms with Gasteiger partial charge in [0.1, 0.15) is 0 Å². The molecule has 0 radical (unpaired) electrons. The quantitative estimate of drug-likeness (QED) is 0.735. The third kappa shape index (κ3) is 4.05. The second-order valence-corrected chi connectivity index (χ2v) is 4.05. The average molecular weight is 214 g/mol. The van der Waals surface area contributed by atoms with Crippen LogP contribution < -0.4 is 4.74 Å². The molecular formula is C10H18N2OS. The third-order valence-corrected chi connectivity index (χ3v) is 2.44. The highest BCUT2D eigenvalue weighted by Crippen LogP contribution is 2.11. The van der Waals surface area contributed by atoms with E-state index in [4.69, 9.17) is 4.74 Å². The van der Waals surface area contributed by atoms with Crippen molar-refractivity contribution in [3.8, 4) is 5.75 Å². The Balaban J connectivity index is 2.15. The smallest absolute Gasteiger partial charge is 0.157 e. The van der Waals surface area contributed by atoms with Gasteiger partial charge in [-0.25, -0.2) is 0 Å². The van der Waals surface area contributed by atoms with E-state index >= 15 is 0 Å². The molecule has 4 heteroatoms. The predicted molar refractivity (Wildman–Crippen MR) is 61.0 cm³/mol. The summed E-state index contributed by atoms with van der Waals surface area (Å²) in [5.74, 6) is 2.49. The van der Waals surface area contributed by atoms with Crippen molar-refractivity contribution < 1.29 is 4.74 Å². The molecule has 3 nitrogen and oxygen atoms in total. The molecule has 80 valence electrons. The Bertz CT molecular complexity index is 262. The standard InChI is InChI=1S/C10H18N2OS/c1-9(4-6-14)3-5-13-10-7-11-12(2)8-10/h7-9,14H,3-6H2,1-2H3. The van der Waals surface area contributed by atoms with E-state index in [1.807, 2.05) is 13.2 Å². The van der Waals surface area contributed by atoms with Crippen LogP contribution >= 0.6 is 12.6 Å². The van der Waals surface area contributed by atoms with Gasteiger partial charge >= 0.3 is 0 Å². The van der Waals surface area contributed by atoms with Crippen molar-refractivity contribution in [2.45, 2.75) is 19.8 Å². The number of thiol groups is 1. The highest BCUT2D eigenvalue weighted by atomic mass is 32.1. The fourth-order valence-corrected chi connectivity index (χ4v) is 1.66. The molecule has 1 rings (SSSR count). The van der Waals surface area contributed by atoms with Gasteiger partial charge in [-0.3, -0.25) is 4.68 Å². The van der Waals surface area contributed by atoms with Crippen molar-refractivity contribution in [1.82, 2.24) is 9.78 Å².